The van der Waals surface area contributed by atoms with Crippen LogP contribution in [0.1, 0.15) is 39.0 Å². The molecule has 1 N–H and O–H groups in total. The Morgan fingerprint density at radius 2 is 1.44 bits per heavy atom. The Hall–Kier alpha value is -3.40. The first kappa shape index (κ1) is 17.0. The third-order valence-electron chi connectivity index (χ3n) is 5.04. The maximum Gasteiger partial charge on any atom is 0.313 e. The van der Waals surface area contributed by atoms with E-state index in [0.29, 0.717) is 17.7 Å². The Kier molecular flexibility index (Phi) is 4.47. The molecule has 1 aliphatic heterocycles. The van der Waals surface area contributed by atoms with Gasteiger partial charge in [0, 0.05) is 12.1 Å². The lowest BCUT2D eigenvalue weighted by Crippen LogP contribution is -2.44. The van der Waals surface area contributed by atoms with Crippen molar-refractivity contribution in [2.45, 2.75) is 18.5 Å². The molecule has 1 aliphatic rings. The number of carboxylic acid groups (broad SMARTS) is 1. The van der Waals surface area contributed by atoms with Gasteiger partial charge in [0.2, 0.25) is 0 Å². The van der Waals surface area contributed by atoms with E-state index in [0.717, 1.165) is 11.1 Å². The number of hydrogen-bond acceptors (Lipinski definition) is 2. The van der Waals surface area contributed by atoms with Gasteiger partial charge in [0.25, 0.3) is 5.91 Å². The fourth-order valence-corrected chi connectivity index (χ4v) is 3.83. The van der Waals surface area contributed by atoms with Crippen LogP contribution in [0.4, 0.5) is 0 Å². The van der Waals surface area contributed by atoms with Crippen LogP contribution in [0.3, 0.4) is 0 Å². The van der Waals surface area contributed by atoms with Crippen molar-refractivity contribution in [1.82, 2.24) is 4.90 Å². The minimum atomic E-state index is -0.929. The lowest BCUT2D eigenvalue weighted by molar-refractivity contribution is -0.140. The summed E-state index contributed by atoms with van der Waals surface area (Å²) in [5.41, 5.74) is 2.83. The average molecular weight is 357 g/mol. The van der Waals surface area contributed by atoms with Crippen LogP contribution in [-0.4, -0.2) is 21.9 Å². The summed E-state index contributed by atoms with van der Waals surface area (Å²) >= 11 is 0. The van der Waals surface area contributed by atoms with Gasteiger partial charge >= 0.3 is 5.97 Å². The second-order valence-corrected chi connectivity index (χ2v) is 6.68. The molecule has 27 heavy (non-hydrogen) atoms. The van der Waals surface area contributed by atoms with Crippen molar-refractivity contribution in [1.29, 1.82) is 0 Å². The first-order valence-corrected chi connectivity index (χ1v) is 8.88. The minimum absolute atomic E-state index is 0.138. The first-order chi connectivity index (χ1) is 13.2. The van der Waals surface area contributed by atoms with Crippen molar-refractivity contribution in [3.05, 3.63) is 107 Å². The molecule has 1 amide bonds. The number of carbonyl (C=O) groups excluding carboxylic acids is 1. The molecule has 4 heteroatoms. The van der Waals surface area contributed by atoms with E-state index in [1.54, 1.807) is 29.2 Å². The van der Waals surface area contributed by atoms with Crippen LogP contribution < -0.4 is 0 Å². The number of amides is 1. The number of aliphatic carboxylic acids is 1. The fourth-order valence-electron chi connectivity index (χ4n) is 3.83. The number of rotatable bonds is 4. The number of benzene rings is 3. The molecule has 0 saturated heterocycles. The SMILES string of the molecule is O=C(O)[C@@H]1c2ccccc2C(=O)N(Cc2ccccc2)[C@H]1c1ccccc1. The fraction of sp³-hybridized carbons (Fsp3) is 0.130. The molecule has 0 spiro atoms. The zero-order valence-electron chi connectivity index (χ0n) is 14.7. The minimum Gasteiger partial charge on any atom is -0.481 e. The molecular formula is C23H19NO3. The molecular weight excluding hydrogens is 338 g/mol. The quantitative estimate of drug-likeness (QED) is 0.759. The van der Waals surface area contributed by atoms with Crippen LogP contribution in [0, 0.1) is 0 Å². The third-order valence-corrected chi connectivity index (χ3v) is 5.04. The van der Waals surface area contributed by atoms with E-state index in [-0.39, 0.29) is 5.91 Å². The highest BCUT2D eigenvalue weighted by atomic mass is 16.4. The normalized spacial score (nSPS) is 18.8. The van der Waals surface area contributed by atoms with Gasteiger partial charge in [0.1, 0.15) is 5.92 Å². The molecule has 0 aromatic heterocycles. The van der Waals surface area contributed by atoms with E-state index in [1.165, 1.54) is 0 Å². The summed E-state index contributed by atoms with van der Waals surface area (Å²) < 4.78 is 0. The molecule has 0 fully saturated rings. The van der Waals surface area contributed by atoms with Gasteiger partial charge in [-0.2, -0.15) is 0 Å². The first-order valence-electron chi connectivity index (χ1n) is 8.88. The summed E-state index contributed by atoms with van der Waals surface area (Å²) in [7, 11) is 0. The number of carboxylic acids is 1. The molecule has 0 aliphatic carbocycles. The van der Waals surface area contributed by atoms with E-state index >= 15 is 0 Å². The number of fused-ring (bicyclic) bond motifs is 1. The van der Waals surface area contributed by atoms with Gasteiger partial charge in [-0.15, -0.1) is 0 Å². The zero-order valence-corrected chi connectivity index (χ0v) is 14.7. The van der Waals surface area contributed by atoms with E-state index in [4.69, 9.17) is 0 Å². The lowest BCUT2D eigenvalue weighted by Gasteiger charge is -2.41. The van der Waals surface area contributed by atoms with E-state index in [9.17, 15) is 14.7 Å². The summed E-state index contributed by atoms with van der Waals surface area (Å²) in [6.45, 7) is 0.358. The number of nitrogens with zero attached hydrogens (tertiary/aromatic N) is 1. The molecule has 0 radical (unpaired) electrons. The smallest absolute Gasteiger partial charge is 0.313 e. The van der Waals surface area contributed by atoms with Gasteiger partial charge in [-0.25, -0.2) is 0 Å². The number of carbonyl (C=O) groups is 2. The highest BCUT2D eigenvalue weighted by Gasteiger charge is 2.44. The summed E-state index contributed by atoms with van der Waals surface area (Å²) in [5.74, 6) is -1.88. The van der Waals surface area contributed by atoms with Crippen LogP contribution in [0.15, 0.2) is 84.9 Å². The van der Waals surface area contributed by atoms with Crippen molar-refractivity contribution < 1.29 is 14.7 Å². The van der Waals surface area contributed by atoms with Gasteiger partial charge in [-0.05, 0) is 22.8 Å². The largest absolute Gasteiger partial charge is 0.481 e. The highest BCUT2D eigenvalue weighted by molar-refractivity contribution is 6.00. The Bertz CT molecular complexity index is 969. The summed E-state index contributed by atoms with van der Waals surface area (Å²) in [6.07, 6.45) is 0. The topological polar surface area (TPSA) is 57.6 Å². The maximum atomic E-state index is 13.3. The second-order valence-electron chi connectivity index (χ2n) is 6.68. The van der Waals surface area contributed by atoms with Gasteiger partial charge in [0.05, 0.1) is 6.04 Å². The third kappa shape index (κ3) is 3.10. The van der Waals surface area contributed by atoms with Crippen molar-refractivity contribution in [3.63, 3.8) is 0 Å². The van der Waals surface area contributed by atoms with Crippen molar-refractivity contribution in [2.24, 2.45) is 0 Å². The zero-order chi connectivity index (χ0) is 18.8. The molecule has 0 unspecified atom stereocenters. The van der Waals surface area contributed by atoms with Gasteiger partial charge < -0.3 is 10.0 Å². The van der Waals surface area contributed by atoms with E-state index < -0.39 is 17.9 Å². The lowest BCUT2D eigenvalue weighted by atomic mass is 9.79. The highest BCUT2D eigenvalue weighted by Crippen LogP contribution is 2.43. The molecule has 2 atom stereocenters. The molecule has 134 valence electrons. The van der Waals surface area contributed by atoms with Crippen LogP contribution in [-0.2, 0) is 11.3 Å². The standard InChI is InChI=1S/C23H19NO3/c25-22-19-14-8-7-13-18(19)20(23(26)27)21(17-11-5-2-6-12-17)24(22)15-16-9-3-1-4-10-16/h1-14,20-21H,15H2,(H,26,27)/t20-,21+/m1/s1. The summed E-state index contributed by atoms with van der Waals surface area (Å²) in [4.78, 5) is 27.3. The van der Waals surface area contributed by atoms with Crippen molar-refractivity contribution >= 4 is 11.9 Å². The Balaban J connectivity index is 1.88. The van der Waals surface area contributed by atoms with Gasteiger partial charge in [0.15, 0.2) is 0 Å². The summed E-state index contributed by atoms with van der Waals surface area (Å²) in [6, 6.07) is 25.5. The van der Waals surface area contributed by atoms with Gasteiger partial charge in [-0.3, -0.25) is 9.59 Å². The van der Waals surface area contributed by atoms with E-state index in [1.807, 2.05) is 60.7 Å². The maximum absolute atomic E-state index is 13.3. The molecule has 3 aromatic carbocycles. The van der Waals surface area contributed by atoms with Crippen LogP contribution in [0.5, 0.6) is 0 Å². The molecule has 3 aromatic rings. The van der Waals surface area contributed by atoms with Crippen LogP contribution in [0.25, 0.3) is 0 Å². The molecule has 4 nitrogen and oxygen atoms in total. The predicted octanol–water partition coefficient (Wildman–Crippen LogP) is 4.25. The van der Waals surface area contributed by atoms with Crippen molar-refractivity contribution in [3.8, 4) is 0 Å². The Morgan fingerprint density at radius 3 is 2.11 bits per heavy atom. The van der Waals surface area contributed by atoms with Crippen LogP contribution >= 0.6 is 0 Å². The molecule has 0 saturated carbocycles. The second kappa shape index (κ2) is 7.08. The molecule has 1 heterocycles. The monoisotopic (exact) mass is 357 g/mol. The van der Waals surface area contributed by atoms with Crippen molar-refractivity contribution in [2.75, 3.05) is 0 Å². The van der Waals surface area contributed by atoms with Crippen LogP contribution in [0.2, 0.25) is 0 Å². The summed E-state index contributed by atoms with van der Waals surface area (Å²) in [5, 5.41) is 10.0. The average Bonchev–Trinajstić information content (AvgIpc) is 2.71. The Labute approximate surface area is 157 Å². The number of hydrogen-bond donors (Lipinski definition) is 1. The van der Waals surface area contributed by atoms with Gasteiger partial charge in [-0.1, -0.05) is 78.9 Å². The molecule has 0 bridgehead atoms. The predicted molar refractivity (Wildman–Crippen MR) is 102 cm³/mol. The van der Waals surface area contributed by atoms with E-state index in [2.05, 4.69) is 0 Å². The Morgan fingerprint density at radius 1 is 0.852 bits per heavy atom. The molecule has 4 rings (SSSR count).